The van der Waals surface area contributed by atoms with Gasteiger partial charge in [0.05, 0.1) is 4.76 Å². The number of carboxylic acid groups (broad SMARTS) is 1. The van der Waals surface area contributed by atoms with Gasteiger partial charge in [-0.15, -0.1) is 0 Å². The molecule has 6 nitrogen and oxygen atoms in total. The standard InChI is InChI=1S/C7H11N3O3/c1-5(2)13-10(7(11)12)4-3-6(8)9-10/h3-5H,1-2H3,(H2-,8,9,11,12)/p+1/t10-/m0/s1. The number of carbonyl (C=O) groups is 1. The predicted molar refractivity (Wildman–Crippen MR) is 45.3 cm³/mol. The van der Waals surface area contributed by atoms with Crippen LogP contribution in [0.2, 0.25) is 0 Å². The summed E-state index contributed by atoms with van der Waals surface area (Å²) in [6, 6.07) is 0. The lowest BCUT2D eigenvalue weighted by atomic mass is 10.5. The number of hydroxylamine groups is 2. The molecule has 1 amide bonds. The zero-order valence-electron chi connectivity index (χ0n) is 7.47. The van der Waals surface area contributed by atoms with Crippen molar-refractivity contribution in [3.05, 3.63) is 12.3 Å². The first kappa shape index (κ1) is 9.69. The van der Waals surface area contributed by atoms with Crippen LogP contribution in [0.4, 0.5) is 4.79 Å². The zero-order chi connectivity index (χ0) is 10.1. The van der Waals surface area contributed by atoms with E-state index in [1.54, 1.807) is 13.8 Å². The van der Waals surface area contributed by atoms with Crippen LogP contribution >= 0.6 is 0 Å². The topological polar surface area (TPSA) is 84.9 Å². The largest absolute Gasteiger partial charge is 0.581 e. The molecule has 1 aliphatic heterocycles. The van der Waals surface area contributed by atoms with Gasteiger partial charge in [0.25, 0.3) is 0 Å². The normalized spacial score (nSPS) is 26.5. The zero-order valence-corrected chi connectivity index (χ0v) is 7.47. The molecule has 0 saturated heterocycles. The molecule has 1 heterocycles. The second-order valence-electron chi connectivity index (χ2n) is 2.90. The fraction of sp³-hybridized carbons (Fsp3) is 0.429. The highest BCUT2D eigenvalue weighted by molar-refractivity contribution is 5.92. The molecule has 1 rings (SSSR count). The Hall–Kier alpha value is -1.40. The molecule has 0 fully saturated rings. The van der Waals surface area contributed by atoms with Crippen LogP contribution in [0, 0.1) is 0 Å². The third-order valence-electron chi connectivity index (χ3n) is 1.36. The number of nitrogens with zero attached hydrogens (tertiary/aromatic N) is 2. The van der Waals surface area contributed by atoms with E-state index in [9.17, 15) is 4.79 Å². The van der Waals surface area contributed by atoms with Crippen molar-refractivity contribution in [3.8, 4) is 0 Å². The number of hydrogen-bond acceptors (Lipinski definition) is 4. The maximum atomic E-state index is 10.8. The van der Waals surface area contributed by atoms with Crippen LogP contribution < -0.4 is 5.73 Å². The number of nitrogens with two attached hydrogens (primary N) is 1. The Balaban J connectivity index is 2.92. The van der Waals surface area contributed by atoms with Crippen LogP contribution in [0.15, 0.2) is 17.4 Å². The van der Waals surface area contributed by atoms with Crippen LogP contribution in [0.25, 0.3) is 0 Å². The van der Waals surface area contributed by atoms with E-state index in [4.69, 9.17) is 15.7 Å². The molecule has 3 N–H and O–H groups in total. The monoisotopic (exact) mass is 186 g/mol. The molecule has 1 aliphatic rings. The van der Waals surface area contributed by atoms with Crippen LogP contribution in [-0.4, -0.2) is 27.9 Å². The van der Waals surface area contributed by atoms with E-state index in [0.717, 1.165) is 0 Å². The Bertz CT molecular complexity index is 285. The number of amidine groups is 1. The fourth-order valence-corrected chi connectivity index (χ4v) is 0.947. The van der Waals surface area contributed by atoms with Crippen molar-refractivity contribution < 1.29 is 19.5 Å². The van der Waals surface area contributed by atoms with Crippen molar-refractivity contribution in [3.63, 3.8) is 0 Å². The molecule has 0 saturated carbocycles. The van der Waals surface area contributed by atoms with Gasteiger partial charge in [0.1, 0.15) is 6.10 Å². The highest BCUT2D eigenvalue weighted by Crippen LogP contribution is 2.18. The van der Waals surface area contributed by atoms with E-state index < -0.39 is 10.8 Å². The maximum absolute atomic E-state index is 10.8. The summed E-state index contributed by atoms with van der Waals surface area (Å²) in [5.74, 6) is 0.142. The third kappa shape index (κ3) is 1.85. The van der Waals surface area contributed by atoms with Gasteiger partial charge in [0.2, 0.25) is 0 Å². The van der Waals surface area contributed by atoms with Gasteiger partial charge in [-0.05, 0) is 18.9 Å². The van der Waals surface area contributed by atoms with E-state index in [-0.39, 0.29) is 11.9 Å². The van der Waals surface area contributed by atoms with Crippen LogP contribution in [0.5, 0.6) is 0 Å². The Morgan fingerprint density at radius 1 is 1.77 bits per heavy atom. The molecule has 0 radical (unpaired) electrons. The average Bonchev–Trinajstić information content (AvgIpc) is 2.31. The van der Waals surface area contributed by atoms with Gasteiger partial charge in [-0.3, -0.25) is 0 Å². The summed E-state index contributed by atoms with van der Waals surface area (Å²) in [7, 11) is 0. The van der Waals surface area contributed by atoms with E-state index in [2.05, 4.69) is 5.10 Å². The second kappa shape index (κ2) is 3.15. The molecule has 0 spiro atoms. The summed E-state index contributed by atoms with van der Waals surface area (Å²) in [4.78, 5) is 16.0. The first-order chi connectivity index (χ1) is 5.96. The van der Waals surface area contributed by atoms with Crippen molar-refractivity contribution in [1.82, 2.24) is 0 Å². The summed E-state index contributed by atoms with van der Waals surface area (Å²) >= 11 is 0. The van der Waals surface area contributed by atoms with E-state index in [1.165, 1.54) is 12.3 Å². The highest BCUT2D eigenvalue weighted by atomic mass is 16.8. The van der Waals surface area contributed by atoms with Gasteiger partial charge < -0.3 is 10.8 Å². The molecule has 0 aromatic carbocycles. The smallest absolute Gasteiger partial charge is 0.431 e. The highest BCUT2D eigenvalue weighted by Gasteiger charge is 2.43. The van der Waals surface area contributed by atoms with Gasteiger partial charge in [0.15, 0.2) is 12.0 Å². The molecule has 0 bridgehead atoms. The van der Waals surface area contributed by atoms with Crippen molar-refractivity contribution >= 4 is 11.9 Å². The van der Waals surface area contributed by atoms with Gasteiger partial charge in [-0.25, -0.2) is 0 Å². The van der Waals surface area contributed by atoms with Crippen LogP contribution in [0.3, 0.4) is 0 Å². The average molecular weight is 186 g/mol. The Labute approximate surface area is 75.4 Å². The molecule has 1 atom stereocenters. The Morgan fingerprint density at radius 3 is 2.69 bits per heavy atom. The lowest BCUT2D eigenvalue weighted by molar-refractivity contribution is -1.02. The number of quaternary nitrogens is 1. The summed E-state index contributed by atoms with van der Waals surface area (Å²) in [5, 5.41) is 12.5. The van der Waals surface area contributed by atoms with Gasteiger partial charge in [0, 0.05) is 6.08 Å². The number of hydrogen-bond donors (Lipinski definition) is 2. The minimum atomic E-state index is -1.22. The summed E-state index contributed by atoms with van der Waals surface area (Å²) in [5.41, 5.74) is 5.33. The fourth-order valence-electron chi connectivity index (χ4n) is 0.947. The molecular weight excluding hydrogens is 174 g/mol. The minimum Gasteiger partial charge on any atom is -0.431 e. The minimum absolute atomic E-state index is 0.142. The lowest BCUT2D eigenvalue weighted by Crippen LogP contribution is -2.43. The second-order valence-corrected chi connectivity index (χ2v) is 2.90. The molecule has 0 aliphatic carbocycles. The predicted octanol–water partition coefficient (Wildman–Crippen LogP) is 0.621. The SMILES string of the molecule is CC(C)O[N@+]1(C(=O)O)C=CC(N)=N1. The van der Waals surface area contributed by atoms with Crippen molar-refractivity contribution in [2.45, 2.75) is 20.0 Å². The third-order valence-corrected chi connectivity index (χ3v) is 1.36. The molecule has 0 aromatic rings. The van der Waals surface area contributed by atoms with E-state index in [0.29, 0.717) is 0 Å². The Morgan fingerprint density at radius 2 is 2.38 bits per heavy atom. The van der Waals surface area contributed by atoms with Crippen molar-refractivity contribution in [2.75, 3.05) is 0 Å². The molecule has 13 heavy (non-hydrogen) atoms. The van der Waals surface area contributed by atoms with Crippen molar-refractivity contribution in [1.29, 1.82) is 0 Å². The van der Waals surface area contributed by atoms with Crippen molar-refractivity contribution in [2.24, 2.45) is 10.8 Å². The van der Waals surface area contributed by atoms with E-state index >= 15 is 0 Å². The lowest BCUT2D eigenvalue weighted by Gasteiger charge is -2.18. The molecular formula is C7H12N3O3+. The van der Waals surface area contributed by atoms with Gasteiger partial charge >= 0.3 is 6.09 Å². The quantitative estimate of drug-likeness (QED) is 0.619. The van der Waals surface area contributed by atoms with Crippen LogP contribution in [0.1, 0.15) is 13.8 Å². The molecule has 6 heteroatoms. The van der Waals surface area contributed by atoms with Gasteiger partial charge in [-0.2, -0.15) is 9.63 Å². The summed E-state index contributed by atoms with van der Waals surface area (Å²) < 4.78 is -0.927. The number of amides is 1. The van der Waals surface area contributed by atoms with Gasteiger partial charge in [-0.1, -0.05) is 0 Å². The maximum Gasteiger partial charge on any atom is 0.581 e. The molecule has 0 aromatic heterocycles. The molecule has 72 valence electrons. The summed E-state index contributed by atoms with van der Waals surface area (Å²) in [6.45, 7) is 3.45. The first-order valence-corrected chi connectivity index (χ1v) is 3.82. The first-order valence-electron chi connectivity index (χ1n) is 3.82. The summed E-state index contributed by atoms with van der Waals surface area (Å²) in [6.07, 6.45) is 1.20. The molecule has 0 unspecified atom stereocenters. The Kier molecular flexibility index (Phi) is 2.35. The van der Waals surface area contributed by atoms with Crippen LogP contribution in [-0.2, 0) is 4.84 Å². The number of rotatable bonds is 2. The van der Waals surface area contributed by atoms with E-state index in [1.807, 2.05) is 0 Å².